The number of nitrogens with zero attached hydrogens (tertiary/aromatic N) is 1. The standard InChI is InChI=1S/C18H19Cl2NO5S/c1-12-2-4-15(26-12)9-21(14-6-7-27(23,24)11-14)18(22)10-25-17-5-3-13(19)8-16(17)20/h2-5,8,14H,6-7,9-11H2,1H3/t14-/m1/s1. The maximum atomic E-state index is 12.8. The molecule has 1 aromatic carbocycles. The van der Waals surface area contributed by atoms with E-state index in [2.05, 4.69) is 0 Å². The third kappa shape index (κ3) is 5.18. The van der Waals surface area contributed by atoms with Gasteiger partial charge in [0.25, 0.3) is 5.91 Å². The zero-order valence-corrected chi connectivity index (χ0v) is 17.0. The molecule has 0 N–H and O–H groups in total. The van der Waals surface area contributed by atoms with Crippen molar-refractivity contribution in [3.8, 4) is 5.75 Å². The molecule has 0 unspecified atom stereocenters. The molecule has 146 valence electrons. The Morgan fingerprint density at radius 1 is 1.30 bits per heavy atom. The molecule has 2 aromatic rings. The van der Waals surface area contributed by atoms with E-state index in [1.807, 2.05) is 0 Å². The van der Waals surface area contributed by atoms with Crippen molar-refractivity contribution in [2.75, 3.05) is 18.1 Å². The van der Waals surface area contributed by atoms with Crippen molar-refractivity contribution in [2.45, 2.75) is 25.9 Å². The molecule has 1 fully saturated rings. The van der Waals surface area contributed by atoms with Gasteiger partial charge in [-0.05, 0) is 43.7 Å². The van der Waals surface area contributed by atoms with E-state index in [1.165, 1.54) is 11.0 Å². The van der Waals surface area contributed by atoms with E-state index in [4.69, 9.17) is 32.4 Å². The highest BCUT2D eigenvalue weighted by molar-refractivity contribution is 7.91. The van der Waals surface area contributed by atoms with Crippen LogP contribution < -0.4 is 4.74 Å². The Bertz CT molecular complexity index is 941. The van der Waals surface area contributed by atoms with Crippen LogP contribution in [0.15, 0.2) is 34.7 Å². The van der Waals surface area contributed by atoms with Crippen molar-refractivity contribution < 1.29 is 22.4 Å². The number of rotatable bonds is 6. The van der Waals surface area contributed by atoms with Gasteiger partial charge in [0.1, 0.15) is 17.3 Å². The van der Waals surface area contributed by atoms with E-state index < -0.39 is 15.9 Å². The fourth-order valence-electron chi connectivity index (χ4n) is 2.99. The van der Waals surface area contributed by atoms with Crippen LogP contribution in [-0.2, 0) is 21.2 Å². The summed E-state index contributed by atoms with van der Waals surface area (Å²) in [5, 5.41) is 0.761. The molecule has 1 atom stereocenters. The highest BCUT2D eigenvalue weighted by atomic mass is 35.5. The second-order valence-electron chi connectivity index (χ2n) is 6.45. The van der Waals surface area contributed by atoms with Gasteiger partial charge in [-0.2, -0.15) is 0 Å². The molecule has 0 spiro atoms. The first-order valence-electron chi connectivity index (χ1n) is 8.36. The maximum absolute atomic E-state index is 12.8. The van der Waals surface area contributed by atoms with E-state index in [0.717, 1.165) is 5.76 Å². The average molecular weight is 432 g/mol. The Balaban J connectivity index is 1.73. The quantitative estimate of drug-likeness (QED) is 0.699. The van der Waals surface area contributed by atoms with Gasteiger partial charge >= 0.3 is 0 Å². The van der Waals surface area contributed by atoms with E-state index >= 15 is 0 Å². The van der Waals surface area contributed by atoms with E-state index in [9.17, 15) is 13.2 Å². The predicted molar refractivity (Wildman–Crippen MR) is 103 cm³/mol. The minimum atomic E-state index is -3.14. The second kappa shape index (κ2) is 8.12. The van der Waals surface area contributed by atoms with Gasteiger partial charge in [-0.25, -0.2) is 8.42 Å². The number of hydrogen-bond donors (Lipinski definition) is 0. The van der Waals surface area contributed by atoms with Crippen molar-refractivity contribution in [3.05, 3.63) is 51.9 Å². The molecule has 27 heavy (non-hydrogen) atoms. The Labute approximate surface area is 167 Å². The van der Waals surface area contributed by atoms with Crippen LogP contribution >= 0.6 is 23.2 Å². The SMILES string of the molecule is Cc1ccc(CN(C(=O)COc2ccc(Cl)cc2Cl)[C@@H]2CCS(=O)(=O)C2)o1. The number of halogens is 2. The number of amides is 1. The summed E-state index contributed by atoms with van der Waals surface area (Å²) in [6, 6.07) is 7.88. The Morgan fingerprint density at radius 2 is 2.07 bits per heavy atom. The molecule has 1 aromatic heterocycles. The third-order valence-electron chi connectivity index (χ3n) is 4.34. The number of hydrogen-bond acceptors (Lipinski definition) is 5. The topological polar surface area (TPSA) is 76.8 Å². The highest BCUT2D eigenvalue weighted by Gasteiger charge is 2.35. The van der Waals surface area contributed by atoms with Gasteiger partial charge in [-0.15, -0.1) is 0 Å². The number of sulfone groups is 1. The number of aryl methyl sites for hydroxylation is 1. The lowest BCUT2D eigenvalue weighted by Gasteiger charge is -2.27. The molecule has 0 bridgehead atoms. The summed E-state index contributed by atoms with van der Waals surface area (Å²) in [7, 11) is -3.14. The van der Waals surface area contributed by atoms with Gasteiger partial charge in [0.05, 0.1) is 23.1 Å². The van der Waals surface area contributed by atoms with Crippen LogP contribution in [0.25, 0.3) is 0 Å². The average Bonchev–Trinajstić information content (AvgIpc) is 3.16. The van der Waals surface area contributed by atoms with Crippen molar-refractivity contribution in [2.24, 2.45) is 0 Å². The number of carbonyl (C=O) groups is 1. The molecule has 6 nitrogen and oxygen atoms in total. The summed E-state index contributed by atoms with van der Waals surface area (Å²) >= 11 is 11.9. The van der Waals surface area contributed by atoms with Crippen LogP contribution in [0.5, 0.6) is 5.75 Å². The summed E-state index contributed by atoms with van der Waals surface area (Å²) in [5.41, 5.74) is 0. The van der Waals surface area contributed by atoms with Crippen LogP contribution in [0, 0.1) is 6.92 Å². The zero-order chi connectivity index (χ0) is 19.6. The fraction of sp³-hybridized carbons (Fsp3) is 0.389. The van der Waals surface area contributed by atoms with Crippen LogP contribution in [0.4, 0.5) is 0 Å². The molecule has 1 aliphatic rings. The molecule has 1 amide bonds. The van der Waals surface area contributed by atoms with Crippen LogP contribution in [-0.4, -0.2) is 43.4 Å². The number of ether oxygens (including phenoxy) is 1. The van der Waals surface area contributed by atoms with Crippen molar-refractivity contribution in [1.29, 1.82) is 0 Å². The summed E-state index contributed by atoms with van der Waals surface area (Å²) in [5.74, 6) is 1.33. The van der Waals surface area contributed by atoms with E-state index in [1.54, 1.807) is 31.2 Å². The summed E-state index contributed by atoms with van der Waals surface area (Å²) in [4.78, 5) is 14.3. The summed E-state index contributed by atoms with van der Waals surface area (Å²) in [6.07, 6.45) is 0.398. The largest absolute Gasteiger partial charge is 0.482 e. The number of benzene rings is 1. The lowest BCUT2D eigenvalue weighted by molar-refractivity contribution is -0.136. The lowest BCUT2D eigenvalue weighted by Crippen LogP contribution is -2.43. The Morgan fingerprint density at radius 3 is 2.67 bits per heavy atom. The molecule has 0 saturated carbocycles. The third-order valence-corrected chi connectivity index (χ3v) is 6.62. The highest BCUT2D eigenvalue weighted by Crippen LogP contribution is 2.28. The van der Waals surface area contributed by atoms with Gasteiger partial charge in [0.2, 0.25) is 0 Å². The monoisotopic (exact) mass is 431 g/mol. The minimum Gasteiger partial charge on any atom is -0.482 e. The van der Waals surface area contributed by atoms with Crippen LogP contribution in [0.1, 0.15) is 17.9 Å². The van der Waals surface area contributed by atoms with Crippen molar-refractivity contribution in [1.82, 2.24) is 4.90 Å². The number of carbonyl (C=O) groups excluding carboxylic acids is 1. The van der Waals surface area contributed by atoms with E-state index in [0.29, 0.717) is 28.0 Å². The first-order valence-corrected chi connectivity index (χ1v) is 10.9. The first kappa shape index (κ1) is 20.0. The molecular formula is C18H19Cl2NO5S. The zero-order valence-electron chi connectivity index (χ0n) is 14.7. The molecule has 2 heterocycles. The second-order valence-corrected chi connectivity index (χ2v) is 9.53. The van der Waals surface area contributed by atoms with Gasteiger partial charge in [0.15, 0.2) is 16.4 Å². The molecule has 1 aliphatic heterocycles. The Hall–Kier alpha value is -1.70. The van der Waals surface area contributed by atoms with Gasteiger partial charge in [-0.3, -0.25) is 4.79 Å². The lowest BCUT2D eigenvalue weighted by atomic mass is 10.2. The summed E-state index contributed by atoms with van der Waals surface area (Å²) in [6.45, 7) is 1.73. The predicted octanol–water partition coefficient (Wildman–Crippen LogP) is 3.49. The molecule has 0 radical (unpaired) electrons. The molecule has 1 saturated heterocycles. The smallest absolute Gasteiger partial charge is 0.261 e. The van der Waals surface area contributed by atoms with Gasteiger partial charge in [-0.1, -0.05) is 23.2 Å². The van der Waals surface area contributed by atoms with Crippen LogP contribution in [0.3, 0.4) is 0 Å². The fourth-order valence-corrected chi connectivity index (χ4v) is 5.19. The molecule has 3 rings (SSSR count). The van der Waals surface area contributed by atoms with Gasteiger partial charge in [0, 0.05) is 11.1 Å². The van der Waals surface area contributed by atoms with E-state index in [-0.39, 0.29) is 30.6 Å². The Kier molecular flexibility index (Phi) is 6.03. The number of furan rings is 1. The normalized spacial score (nSPS) is 18.4. The van der Waals surface area contributed by atoms with Crippen molar-refractivity contribution in [3.63, 3.8) is 0 Å². The van der Waals surface area contributed by atoms with Gasteiger partial charge < -0.3 is 14.1 Å². The first-order chi connectivity index (χ1) is 12.7. The summed E-state index contributed by atoms with van der Waals surface area (Å²) < 4.78 is 34.8. The molecular weight excluding hydrogens is 413 g/mol. The van der Waals surface area contributed by atoms with Crippen molar-refractivity contribution >= 4 is 38.9 Å². The minimum absolute atomic E-state index is 0.0554. The molecule has 9 heteroatoms. The maximum Gasteiger partial charge on any atom is 0.261 e. The molecule has 0 aliphatic carbocycles. The van der Waals surface area contributed by atoms with Crippen LogP contribution in [0.2, 0.25) is 10.0 Å².